The summed E-state index contributed by atoms with van der Waals surface area (Å²) in [5.74, 6) is 0.864. The van der Waals surface area contributed by atoms with Gasteiger partial charge in [0.2, 0.25) is 0 Å². The predicted octanol–water partition coefficient (Wildman–Crippen LogP) is 2.56. The lowest BCUT2D eigenvalue weighted by Crippen LogP contribution is -2.38. The SMILES string of the molecule is COc1ccc(-c2csc(NCCN3CCOCC3)n2)cc1. The van der Waals surface area contributed by atoms with Crippen LogP contribution in [0.3, 0.4) is 0 Å². The number of nitrogens with zero attached hydrogens (tertiary/aromatic N) is 2. The molecule has 5 nitrogen and oxygen atoms in total. The number of aromatic nitrogens is 1. The molecule has 1 aromatic heterocycles. The Morgan fingerprint density at radius 3 is 2.77 bits per heavy atom. The average Bonchev–Trinajstić information content (AvgIpc) is 3.05. The number of ether oxygens (including phenoxy) is 2. The Bertz CT molecular complexity index is 579. The number of rotatable bonds is 6. The number of methoxy groups -OCH3 is 1. The second-order valence-electron chi connectivity index (χ2n) is 5.15. The van der Waals surface area contributed by atoms with Gasteiger partial charge in [0.1, 0.15) is 5.75 Å². The van der Waals surface area contributed by atoms with Crippen molar-refractivity contribution in [3.63, 3.8) is 0 Å². The summed E-state index contributed by atoms with van der Waals surface area (Å²) >= 11 is 1.64. The van der Waals surface area contributed by atoms with E-state index < -0.39 is 0 Å². The lowest BCUT2D eigenvalue weighted by atomic mass is 10.2. The molecular formula is C16H21N3O2S. The summed E-state index contributed by atoms with van der Waals surface area (Å²) in [7, 11) is 1.67. The van der Waals surface area contributed by atoms with Gasteiger partial charge in [0.15, 0.2) is 5.13 Å². The van der Waals surface area contributed by atoms with Crippen LogP contribution in [-0.4, -0.2) is 56.4 Å². The molecule has 0 spiro atoms. The summed E-state index contributed by atoms with van der Waals surface area (Å²) < 4.78 is 10.5. The quantitative estimate of drug-likeness (QED) is 0.887. The van der Waals surface area contributed by atoms with Crippen LogP contribution >= 0.6 is 11.3 Å². The third-order valence-electron chi connectivity index (χ3n) is 3.70. The molecule has 2 heterocycles. The number of nitrogens with one attached hydrogen (secondary N) is 1. The molecule has 118 valence electrons. The number of thiazole rings is 1. The minimum atomic E-state index is 0.846. The second kappa shape index (κ2) is 7.58. The van der Waals surface area contributed by atoms with Crippen LogP contribution < -0.4 is 10.1 Å². The maximum atomic E-state index is 5.35. The first-order chi connectivity index (χ1) is 10.8. The van der Waals surface area contributed by atoms with Crippen molar-refractivity contribution >= 4 is 16.5 Å². The molecule has 1 aliphatic heterocycles. The second-order valence-corrected chi connectivity index (χ2v) is 6.01. The van der Waals surface area contributed by atoms with Crippen LogP contribution in [0.15, 0.2) is 29.6 Å². The van der Waals surface area contributed by atoms with Crippen molar-refractivity contribution in [3.05, 3.63) is 29.6 Å². The molecule has 1 aromatic carbocycles. The van der Waals surface area contributed by atoms with Crippen molar-refractivity contribution in [2.24, 2.45) is 0 Å². The van der Waals surface area contributed by atoms with E-state index in [-0.39, 0.29) is 0 Å². The Labute approximate surface area is 134 Å². The molecule has 0 aliphatic carbocycles. The van der Waals surface area contributed by atoms with E-state index in [1.54, 1.807) is 18.4 Å². The Hall–Kier alpha value is -1.63. The fourth-order valence-corrected chi connectivity index (χ4v) is 3.14. The van der Waals surface area contributed by atoms with Crippen molar-refractivity contribution in [2.45, 2.75) is 0 Å². The van der Waals surface area contributed by atoms with E-state index >= 15 is 0 Å². The molecule has 6 heteroatoms. The van der Waals surface area contributed by atoms with Crippen LogP contribution in [0.2, 0.25) is 0 Å². The molecule has 0 radical (unpaired) electrons. The molecule has 0 amide bonds. The van der Waals surface area contributed by atoms with Crippen LogP contribution in [0.5, 0.6) is 5.75 Å². The molecule has 1 fully saturated rings. The van der Waals surface area contributed by atoms with Gasteiger partial charge in [0, 0.05) is 37.1 Å². The number of benzene rings is 1. The van der Waals surface area contributed by atoms with Gasteiger partial charge in [-0.25, -0.2) is 4.98 Å². The highest BCUT2D eigenvalue weighted by Gasteiger charge is 2.10. The summed E-state index contributed by atoms with van der Waals surface area (Å²) in [6.07, 6.45) is 0. The van der Waals surface area contributed by atoms with Crippen molar-refractivity contribution in [3.8, 4) is 17.0 Å². The van der Waals surface area contributed by atoms with Crippen LogP contribution in [0.25, 0.3) is 11.3 Å². The monoisotopic (exact) mass is 319 g/mol. The lowest BCUT2D eigenvalue weighted by molar-refractivity contribution is 0.0398. The zero-order chi connectivity index (χ0) is 15.2. The van der Waals surface area contributed by atoms with E-state index in [1.807, 2.05) is 24.3 Å². The van der Waals surface area contributed by atoms with Crippen molar-refractivity contribution in [1.29, 1.82) is 0 Å². The van der Waals surface area contributed by atoms with Gasteiger partial charge in [0.05, 0.1) is 26.0 Å². The molecule has 1 saturated heterocycles. The number of hydrogen-bond acceptors (Lipinski definition) is 6. The molecule has 22 heavy (non-hydrogen) atoms. The summed E-state index contributed by atoms with van der Waals surface area (Å²) in [6, 6.07) is 7.98. The van der Waals surface area contributed by atoms with E-state index in [0.717, 1.165) is 61.5 Å². The maximum Gasteiger partial charge on any atom is 0.183 e. The molecule has 0 atom stereocenters. The van der Waals surface area contributed by atoms with E-state index in [1.165, 1.54) is 0 Å². The van der Waals surface area contributed by atoms with Gasteiger partial charge in [-0.2, -0.15) is 0 Å². The van der Waals surface area contributed by atoms with Gasteiger partial charge in [0.25, 0.3) is 0 Å². The van der Waals surface area contributed by atoms with Crippen LogP contribution in [0, 0.1) is 0 Å². The minimum absolute atomic E-state index is 0.846. The smallest absolute Gasteiger partial charge is 0.183 e. The topological polar surface area (TPSA) is 46.6 Å². The summed E-state index contributed by atoms with van der Waals surface area (Å²) in [5.41, 5.74) is 2.11. The number of morpholine rings is 1. The average molecular weight is 319 g/mol. The van der Waals surface area contributed by atoms with Gasteiger partial charge in [-0.1, -0.05) is 0 Å². The van der Waals surface area contributed by atoms with E-state index in [9.17, 15) is 0 Å². The molecular weight excluding hydrogens is 298 g/mol. The third kappa shape index (κ3) is 3.97. The summed E-state index contributed by atoms with van der Waals surface area (Å²) in [4.78, 5) is 7.05. The van der Waals surface area contributed by atoms with Crippen LogP contribution in [0.1, 0.15) is 0 Å². The molecule has 2 aromatic rings. The Balaban J connectivity index is 1.51. The summed E-state index contributed by atoms with van der Waals surface area (Å²) in [5, 5.41) is 6.46. The minimum Gasteiger partial charge on any atom is -0.497 e. The van der Waals surface area contributed by atoms with Crippen molar-refractivity contribution in [2.75, 3.05) is 51.8 Å². The zero-order valence-electron chi connectivity index (χ0n) is 12.7. The molecule has 3 rings (SSSR count). The fourth-order valence-electron chi connectivity index (χ4n) is 2.40. The largest absolute Gasteiger partial charge is 0.497 e. The fraction of sp³-hybridized carbons (Fsp3) is 0.438. The standard InChI is InChI=1S/C16H21N3O2S/c1-20-14-4-2-13(3-5-14)15-12-22-16(18-15)17-6-7-19-8-10-21-11-9-19/h2-5,12H,6-11H2,1H3,(H,17,18). The van der Waals surface area contributed by atoms with Crippen LogP contribution in [-0.2, 0) is 4.74 Å². The first kappa shape index (κ1) is 15.3. The molecule has 0 saturated carbocycles. The van der Waals surface area contributed by atoms with Gasteiger partial charge in [-0.15, -0.1) is 11.3 Å². The van der Waals surface area contributed by atoms with Crippen molar-refractivity contribution < 1.29 is 9.47 Å². The molecule has 0 unspecified atom stereocenters. The number of hydrogen-bond donors (Lipinski definition) is 1. The Morgan fingerprint density at radius 1 is 1.27 bits per heavy atom. The highest BCUT2D eigenvalue weighted by Crippen LogP contribution is 2.26. The van der Waals surface area contributed by atoms with Crippen molar-refractivity contribution in [1.82, 2.24) is 9.88 Å². The van der Waals surface area contributed by atoms with Gasteiger partial charge in [-0.05, 0) is 24.3 Å². The Kier molecular flexibility index (Phi) is 5.26. The van der Waals surface area contributed by atoms with E-state index in [0.29, 0.717) is 0 Å². The molecule has 1 aliphatic rings. The summed E-state index contributed by atoms with van der Waals surface area (Å²) in [6.45, 7) is 5.68. The predicted molar refractivity (Wildman–Crippen MR) is 89.9 cm³/mol. The molecule has 1 N–H and O–H groups in total. The normalized spacial score (nSPS) is 15.7. The van der Waals surface area contributed by atoms with Crippen LogP contribution in [0.4, 0.5) is 5.13 Å². The number of anilines is 1. The highest BCUT2D eigenvalue weighted by molar-refractivity contribution is 7.14. The maximum absolute atomic E-state index is 5.35. The van der Waals surface area contributed by atoms with E-state index in [2.05, 4.69) is 20.6 Å². The first-order valence-electron chi connectivity index (χ1n) is 7.49. The lowest BCUT2D eigenvalue weighted by Gasteiger charge is -2.26. The van der Waals surface area contributed by atoms with Gasteiger partial charge >= 0.3 is 0 Å². The first-order valence-corrected chi connectivity index (χ1v) is 8.37. The Morgan fingerprint density at radius 2 is 2.05 bits per heavy atom. The van der Waals surface area contributed by atoms with Gasteiger partial charge in [-0.3, -0.25) is 4.90 Å². The highest BCUT2D eigenvalue weighted by atomic mass is 32.1. The molecule has 0 bridgehead atoms. The zero-order valence-corrected chi connectivity index (χ0v) is 13.6. The third-order valence-corrected chi connectivity index (χ3v) is 4.50. The van der Waals surface area contributed by atoms with Gasteiger partial charge < -0.3 is 14.8 Å². The van der Waals surface area contributed by atoms with E-state index in [4.69, 9.17) is 9.47 Å².